The Hall–Kier alpha value is -2.78. The first-order valence-electron chi connectivity index (χ1n) is 7.61. The molecule has 2 rings (SSSR count). The Labute approximate surface area is 150 Å². The van der Waals surface area contributed by atoms with Crippen LogP contribution in [0.2, 0.25) is 5.02 Å². The lowest BCUT2D eigenvalue weighted by atomic mass is 10.2. The van der Waals surface area contributed by atoms with E-state index in [1.807, 2.05) is 6.07 Å². The predicted molar refractivity (Wildman–Crippen MR) is 91.9 cm³/mol. The molecule has 0 N–H and O–H groups in total. The van der Waals surface area contributed by atoms with Gasteiger partial charge in [-0.2, -0.15) is 5.26 Å². The van der Waals surface area contributed by atoms with Crippen molar-refractivity contribution in [1.82, 2.24) is 4.90 Å². The van der Waals surface area contributed by atoms with E-state index < -0.39 is 12.1 Å². The molecule has 0 aliphatic heterocycles. The third-order valence-corrected chi connectivity index (χ3v) is 3.84. The Morgan fingerprint density at radius 3 is 2.72 bits per heavy atom. The Morgan fingerprint density at radius 2 is 2.04 bits per heavy atom. The monoisotopic (exact) mass is 360 g/mol. The van der Waals surface area contributed by atoms with E-state index in [1.54, 1.807) is 37.4 Å². The van der Waals surface area contributed by atoms with E-state index in [9.17, 15) is 9.59 Å². The number of esters is 1. The Balaban J connectivity index is 2.03. The number of halogens is 1. The summed E-state index contributed by atoms with van der Waals surface area (Å²) >= 11 is 6.10. The summed E-state index contributed by atoms with van der Waals surface area (Å²) in [6.45, 7) is 1.75. The van der Waals surface area contributed by atoms with Gasteiger partial charge < -0.3 is 14.1 Å². The second-order valence-corrected chi connectivity index (χ2v) is 5.77. The SMILES string of the molecule is C[C@@H](OC(=O)c1ccc(-c2ccccc2Cl)o1)C(=O)N(C)CCC#N. The van der Waals surface area contributed by atoms with E-state index >= 15 is 0 Å². The fraction of sp³-hybridized carbons (Fsp3) is 0.278. The maximum atomic E-state index is 12.2. The molecule has 7 heteroatoms. The number of ether oxygens (including phenoxy) is 1. The van der Waals surface area contributed by atoms with Gasteiger partial charge in [0.25, 0.3) is 5.91 Å². The molecule has 1 heterocycles. The summed E-state index contributed by atoms with van der Waals surface area (Å²) in [6, 6.07) is 12.1. The summed E-state index contributed by atoms with van der Waals surface area (Å²) in [4.78, 5) is 25.6. The zero-order valence-electron chi connectivity index (χ0n) is 13.9. The van der Waals surface area contributed by atoms with Crippen molar-refractivity contribution in [3.05, 3.63) is 47.2 Å². The van der Waals surface area contributed by atoms with Gasteiger partial charge in [-0.15, -0.1) is 0 Å². The van der Waals surface area contributed by atoms with Crippen molar-refractivity contribution in [2.24, 2.45) is 0 Å². The number of hydrogen-bond acceptors (Lipinski definition) is 5. The van der Waals surface area contributed by atoms with Crippen molar-refractivity contribution < 1.29 is 18.7 Å². The smallest absolute Gasteiger partial charge is 0.375 e. The van der Waals surface area contributed by atoms with Crippen LogP contribution >= 0.6 is 11.6 Å². The first kappa shape index (κ1) is 18.6. The number of hydrogen-bond donors (Lipinski definition) is 0. The van der Waals surface area contributed by atoms with Gasteiger partial charge in [-0.1, -0.05) is 23.7 Å². The summed E-state index contributed by atoms with van der Waals surface area (Å²) in [5.41, 5.74) is 0.656. The molecule has 2 aromatic rings. The standard InChI is InChI=1S/C18H17ClN2O4/c1-12(17(22)21(2)11-5-10-20)24-18(23)16-9-8-15(25-16)13-6-3-4-7-14(13)19/h3-4,6-9,12H,5,11H2,1-2H3/t12-/m1/s1. The van der Waals surface area contributed by atoms with E-state index in [0.717, 1.165) is 0 Å². The first-order chi connectivity index (χ1) is 11.9. The number of rotatable bonds is 6. The molecular weight excluding hydrogens is 344 g/mol. The Morgan fingerprint density at radius 1 is 1.32 bits per heavy atom. The molecule has 0 saturated carbocycles. The molecule has 0 fully saturated rings. The molecular formula is C18H17ClN2O4. The Kier molecular flexibility index (Phi) is 6.20. The molecule has 1 atom stereocenters. The highest BCUT2D eigenvalue weighted by atomic mass is 35.5. The molecule has 0 aliphatic rings. The lowest BCUT2D eigenvalue weighted by molar-refractivity contribution is -0.138. The molecule has 6 nitrogen and oxygen atoms in total. The van der Waals surface area contributed by atoms with E-state index in [1.165, 1.54) is 17.9 Å². The molecule has 0 aliphatic carbocycles. The molecule has 0 radical (unpaired) electrons. The minimum Gasteiger partial charge on any atom is -0.449 e. The van der Waals surface area contributed by atoms with Crippen LogP contribution in [-0.4, -0.2) is 36.5 Å². The summed E-state index contributed by atoms with van der Waals surface area (Å²) in [6.07, 6.45) is -0.771. The first-order valence-corrected chi connectivity index (χ1v) is 7.99. The van der Waals surface area contributed by atoms with Gasteiger partial charge in [-0.25, -0.2) is 4.79 Å². The molecule has 130 valence electrons. The van der Waals surface area contributed by atoms with Crippen LogP contribution in [0, 0.1) is 11.3 Å². The van der Waals surface area contributed by atoms with Crippen LogP contribution in [0.1, 0.15) is 23.9 Å². The van der Waals surface area contributed by atoms with Crippen molar-refractivity contribution in [2.75, 3.05) is 13.6 Å². The van der Waals surface area contributed by atoms with Gasteiger partial charge in [-0.3, -0.25) is 4.79 Å². The van der Waals surface area contributed by atoms with Gasteiger partial charge >= 0.3 is 5.97 Å². The summed E-state index contributed by atoms with van der Waals surface area (Å²) in [5.74, 6) is -0.716. The van der Waals surface area contributed by atoms with E-state index in [-0.39, 0.29) is 24.6 Å². The fourth-order valence-corrected chi connectivity index (χ4v) is 2.39. The van der Waals surface area contributed by atoms with Crippen LogP contribution in [0.25, 0.3) is 11.3 Å². The van der Waals surface area contributed by atoms with E-state index in [4.69, 9.17) is 26.0 Å². The molecule has 1 aromatic heterocycles. The van der Waals surface area contributed by atoms with Crippen molar-refractivity contribution in [3.63, 3.8) is 0 Å². The van der Waals surface area contributed by atoms with Crippen LogP contribution < -0.4 is 0 Å². The number of amides is 1. The molecule has 0 spiro atoms. The molecule has 0 bridgehead atoms. The lowest BCUT2D eigenvalue weighted by Crippen LogP contribution is -2.37. The molecule has 0 unspecified atom stereocenters. The number of carbonyl (C=O) groups excluding carboxylic acids is 2. The third-order valence-electron chi connectivity index (χ3n) is 3.51. The number of benzene rings is 1. The fourth-order valence-electron chi connectivity index (χ4n) is 2.16. The summed E-state index contributed by atoms with van der Waals surface area (Å²) in [5, 5.41) is 9.05. The van der Waals surface area contributed by atoms with Crippen molar-refractivity contribution >= 4 is 23.5 Å². The largest absolute Gasteiger partial charge is 0.449 e. The molecule has 1 amide bonds. The average Bonchev–Trinajstić information content (AvgIpc) is 3.09. The van der Waals surface area contributed by atoms with Crippen molar-refractivity contribution in [2.45, 2.75) is 19.4 Å². The van der Waals surface area contributed by atoms with Crippen LogP contribution in [0.15, 0.2) is 40.8 Å². The highest BCUT2D eigenvalue weighted by molar-refractivity contribution is 6.33. The van der Waals surface area contributed by atoms with Crippen LogP contribution in [0.3, 0.4) is 0 Å². The van der Waals surface area contributed by atoms with Crippen LogP contribution in [-0.2, 0) is 9.53 Å². The van der Waals surface area contributed by atoms with E-state index in [2.05, 4.69) is 0 Å². The van der Waals surface area contributed by atoms with Gasteiger partial charge in [0, 0.05) is 19.2 Å². The topological polar surface area (TPSA) is 83.5 Å². The zero-order chi connectivity index (χ0) is 18.4. The predicted octanol–water partition coefficient (Wildman–Crippen LogP) is 3.52. The van der Waals surface area contributed by atoms with Gasteiger partial charge in [-0.05, 0) is 31.2 Å². The van der Waals surface area contributed by atoms with Crippen molar-refractivity contribution in [3.8, 4) is 17.4 Å². The highest BCUT2D eigenvalue weighted by Gasteiger charge is 2.24. The second-order valence-electron chi connectivity index (χ2n) is 5.36. The zero-order valence-corrected chi connectivity index (χ0v) is 14.6. The molecule has 0 saturated heterocycles. The van der Waals surface area contributed by atoms with Gasteiger partial charge in [0.05, 0.1) is 17.5 Å². The van der Waals surface area contributed by atoms with Gasteiger partial charge in [0.1, 0.15) is 5.76 Å². The average molecular weight is 361 g/mol. The minimum absolute atomic E-state index is 0.0192. The minimum atomic E-state index is -0.981. The quantitative estimate of drug-likeness (QED) is 0.736. The number of nitriles is 1. The maximum absolute atomic E-state index is 12.2. The number of likely N-dealkylation sites (N-methyl/N-ethyl adjacent to an activating group) is 1. The highest BCUT2D eigenvalue weighted by Crippen LogP contribution is 2.29. The van der Waals surface area contributed by atoms with Gasteiger partial charge in [0.2, 0.25) is 5.76 Å². The number of carbonyl (C=O) groups is 2. The molecule has 25 heavy (non-hydrogen) atoms. The summed E-state index contributed by atoms with van der Waals surface area (Å²) in [7, 11) is 1.55. The third kappa shape index (κ3) is 4.61. The maximum Gasteiger partial charge on any atom is 0.375 e. The van der Waals surface area contributed by atoms with E-state index in [0.29, 0.717) is 16.3 Å². The number of furan rings is 1. The van der Waals surface area contributed by atoms with Gasteiger partial charge in [0.15, 0.2) is 6.10 Å². The van der Waals surface area contributed by atoms with Crippen LogP contribution in [0.5, 0.6) is 0 Å². The van der Waals surface area contributed by atoms with Crippen molar-refractivity contribution in [1.29, 1.82) is 5.26 Å². The lowest BCUT2D eigenvalue weighted by Gasteiger charge is -2.20. The Bertz CT molecular complexity index is 809. The molecule has 1 aromatic carbocycles. The summed E-state index contributed by atoms with van der Waals surface area (Å²) < 4.78 is 10.6. The van der Waals surface area contributed by atoms with Crippen LogP contribution in [0.4, 0.5) is 0 Å². The second kappa shape index (κ2) is 8.36. The normalized spacial score (nSPS) is 11.4. The number of nitrogens with zero attached hydrogens (tertiary/aromatic N) is 2.